The summed E-state index contributed by atoms with van der Waals surface area (Å²) in [6.07, 6.45) is 2.87. The van der Waals surface area contributed by atoms with Gasteiger partial charge in [-0.3, -0.25) is 4.90 Å². The molecule has 0 amide bonds. The fraction of sp³-hybridized carbons (Fsp3) is 1.00. The Bertz CT molecular complexity index is 226. The third-order valence-corrected chi connectivity index (χ3v) is 4.60. The maximum atomic E-state index is 5.25. The fourth-order valence-corrected chi connectivity index (χ4v) is 2.78. The summed E-state index contributed by atoms with van der Waals surface area (Å²) in [6.45, 7) is 10.5. The van der Waals surface area contributed by atoms with Crippen LogP contribution in [0.4, 0.5) is 0 Å². The van der Waals surface area contributed by atoms with Crippen molar-refractivity contribution >= 4 is 0 Å². The highest BCUT2D eigenvalue weighted by molar-refractivity contribution is 4.88. The molecule has 1 aliphatic heterocycles. The zero-order valence-corrected chi connectivity index (χ0v) is 11.6. The molecule has 2 fully saturated rings. The summed E-state index contributed by atoms with van der Waals surface area (Å²) in [7, 11) is 1.80. The van der Waals surface area contributed by atoms with Crippen LogP contribution in [0.15, 0.2) is 0 Å². The van der Waals surface area contributed by atoms with E-state index in [2.05, 4.69) is 24.1 Å². The van der Waals surface area contributed by atoms with E-state index in [4.69, 9.17) is 4.74 Å². The lowest BCUT2D eigenvalue weighted by Crippen LogP contribution is -2.50. The van der Waals surface area contributed by atoms with Crippen molar-refractivity contribution in [1.82, 2.24) is 10.2 Å². The van der Waals surface area contributed by atoms with Crippen molar-refractivity contribution in [2.75, 3.05) is 39.9 Å². The van der Waals surface area contributed by atoms with Gasteiger partial charge in [-0.15, -0.1) is 0 Å². The fourth-order valence-electron chi connectivity index (χ4n) is 2.78. The number of nitrogens with one attached hydrogen (secondary N) is 1. The van der Waals surface area contributed by atoms with Crippen molar-refractivity contribution in [3.63, 3.8) is 0 Å². The van der Waals surface area contributed by atoms with Gasteiger partial charge in [0.05, 0.1) is 6.61 Å². The van der Waals surface area contributed by atoms with Gasteiger partial charge in [0.15, 0.2) is 0 Å². The van der Waals surface area contributed by atoms with Crippen LogP contribution >= 0.6 is 0 Å². The lowest BCUT2D eigenvalue weighted by Gasteiger charge is -2.38. The molecule has 0 spiro atoms. The molecule has 2 unspecified atom stereocenters. The minimum absolute atomic E-state index is 0.751. The second-order valence-corrected chi connectivity index (χ2v) is 5.96. The van der Waals surface area contributed by atoms with E-state index in [0.29, 0.717) is 0 Å². The molecular weight excluding hydrogens is 212 g/mol. The number of ether oxygens (including phenoxy) is 1. The van der Waals surface area contributed by atoms with E-state index in [0.717, 1.165) is 36.9 Å². The normalized spacial score (nSPS) is 24.7. The van der Waals surface area contributed by atoms with E-state index in [9.17, 15) is 0 Å². The Labute approximate surface area is 106 Å². The van der Waals surface area contributed by atoms with Crippen LogP contribution in [0.5, 0.6) is 0 Å². The van der Waals surface area contributed by atoms with E-state index in [-0.39, 0.29) is 0 Å². The highest BCUT2D eigenvalue weighted by Crippen LogP contribution is 2.35. The second-order valence-electron chi connectivity index (χ2n) is 5.96. The van der Waals surface area contributed by atoms with E-state index in [1.54, 1.807) is 7.11 Å². The molecule has 2 aliphatic rings. The summed E-state index contributed by atoms with van der Waals surface area (Å²) in [6, 6.07) is 0.751. The molecule has 0 bridgehead atoms. The molecule has 1 saturated heterocycles. The lowest BCUT2D eigenvalue weighted by atomic mass is 9.88. The molecule has 1 heterocycles. The molecule has 100 valence electrons. The molecule has 1 saturated carbocycles. The first-order valence-corrected chi connectivity index (χ1v) is 7.16. The van der Waals surface area contributed by atoms with Crippen molar-refractivity contribution < 1.29 is 4.74 Å². The van der Waals surface area contributed by atoms with Gasteiger partial charge in [-0.2, -0.15) is 0 Å². The van der Waals surface area contributed by atoms with E-state index >= 15 is 0 Å². The van der Waals surface area contributed by atoms with Gasteiger partial charge in [-0.05, 0) is 50.6 Å². The van der Waals surface area contributed by atoms with Gasteiger partial charge in [0.25, 0.3) is 0 Å². The average Bonchev–Trinajstić information content (AvgIpc) is 3.04. The average molecular weight is 240 g/mol. The molecule has 17 heavy (non-hydrogen) atoms. The highest BCUT2D eigenvalue weighted by atomic mass is 16.5. The Balaban J connectivity index is 1.79. The van der Waals surface area contributed by atoms with Gasteiger partial charge in [0, 0.05) is 26.2 Å². The van der Waals surface area contributed by atoms with Crippen LogP contribution in [0.1, 0.15) is 26.7 Å². The summed E-state index contributed by atoms with van der Waals surface area (Å²) in [5.74, 6) is 2.67. The molecule has 0 aromatic heterocycles. The SMILES string of the molecule is COCCN(CC(C)C1CNC1)C(C)C1CC1. The number of rotatable bonds is 8. The van der Waals surface area contributed by atoms with Crippen molar-refractivity contribution in [3.05, 3.63) is 0 Å². The minimum Gasteiger partial charge on any atom is -0.383 e. The molecule has 1 N–H and O–H groups in total. The van der Waals surface area contributed by atoms with Crippen molar-refractivity contribution in [2.24, 2.45) is 17.8 Å². The van der Waals surface area contributed by atoms with Crippen LogP contribution in [0, 0.1) is 17.8 Å². The summed E-state index contributed by atoms with van der Waals surface area (Å²) in [4.78, 5) is 2.66. The molecular formula is C14H28N2O. The zero-order chi connectivity index (χ0) is 12.3. The minimum atomic E-state index is 0.751. The molecule has 3 nitrogen and oxygen atoms in total. The number of hydrogen-bond donors (Lipinski definition) is 1. The van der Waals surface area contributed by atoms with Gasteiger partial charge in [-0.1, -0.05) is 6.92 Å². The Morgan fingerprint density at radius 2 is 1.94 bits per heavy atom. The van der Waals surface area contributed by atoms with Crippen molar-refractivity contribution in [2.45, 2.75) is 32.7 Å². The number of hydrogen-bond acceptors (Lipinski definition) is 3. The van der Waals surface area contributed by atoms with Gasteiger partial charge < -0.3 is 10.1 Å². The Morgan fingerprint density at radius 3 is 2.41 bits per heavy atom. The third-order valence-electron chi connectivity index (χ3n) is 4.60. The van der Waals surface area contributed by atoms with Crippen molar-refractivity contribution in [1.29, 1.82) is 0 Å². The predicted molar refractivity (Wildman–Crippen MR) is 71.2 cm³/mol. The molecule has 2 atom stereocenters. The zero-order valence-electron chi connectivity index (χ0n) is 11.6. The van der Waals surface area contributed by atoms with E-state index < -0.39 is 0 Å². The van der Waals surface area contributed by atoms with Gasteiger partial charge in [0.2, 0.25) is 0 Å². The predicted octanol–water partition coefficient (Wildman–Crippen LogP) is 1.59. The van der Waals surface area contributed by atoms with E-state index in [1.807, 2.05) is 0 Å². The van der Waals surface area contributed by atoms with Gasteiger partial charge >= 0.3 is 0 Å². The summed E-state index contributed by atoms with van der Waals surface area (Å²) >= 11 is 0. The Kier molecular flexibility index (Phi) is 4.83. The third kappa shape index (κ3) is 3.67. The van der Waals surface area contributed by atoms with Crippen LogP contribution in [0.3, 0.4) is 0 Å². The second kappa shape index (κ2) is 6.17. The summed E-state index contributed by atoms with van der Waals surface area (Å²) in [5, 5.41) is 3.38. The molecule has 1 aliphatic carbocycles. The Morgan fingerprint density at radius 1 is 1.24 bits per heavy atom. The maximum absolute atomic E-state index is 5.25. The molecule has 0 aromatic rings. The van der Waals surface area contributed by atoms with Crippen LogP contribution in [0.2, 0.25) is 0 Å². The Hall–Kier alpha value is -0.120. The van der Waals surface area contributed by atoms with Gasteiger partial charge in [0.1, 0.15) is 0 Å². The van der Waals surface area contributed by atoms with Gasteiger partial charge in [-0.25, -0.2) is 0 Å². The smallest absolute Gasteiger partial charge is 0.0589 e. The number of methoxy groups -OCH3 is 1. The van der Waals surface area contributed by atoms with Crippen LogP contribution in [0.25, 0.3) is 0 Å². The first-order chi connectivity index (χ1) is 8.22. The van der Waals surface area contributed by atoms with Crippen LogP contribution < -0.4 is 5.32 Å². The molecule has 2 rings (SSSR count). The molecule has 0 radical (unpaired) electrons. The molecule has 3 heteroatoms. The summed E-state index contributed by atoms with van der Waals surface area (Å²) < 4.78 is 5.25. The topological polar surface area (TPSA) is 24.5 Å². The molecule has 0 aromatic carbocycles. The van der Waals surface area contributed by atoms with Crippen LogP contribution in [-0.2, 0) is 4.74 Å². The van der Waals surface area contributed by atoms with Crippen LogP contribution in [-0.4, -0.2) is 50.8 Å². The number of nitrogens with zero attached hydrogens (tertiary/aromatic N) is 1. The monoisotopic (exact) mass is 240 g/mol. The van der Waals surface area contributed by atoms with E-state index in [1.165, 1.54) is 32.5 Å². The first kappa shape index (κ1) is 13.3. The largest absolute Gasteiger partial charge is 0.383 e. The quantitative estimate of drug-likeness (QED) is 0.697. The summed E-state index contributed by atoms with van der Waals surface area (Å²) in [5.41, 5.74) is 0. The first-order valence-electron chi connectivity index (χ1n) is 7.16. The lowest BCUT2D eigenvalue weighted by molar-refractivity contribution is 0.0870. The standard InChI is InChI=1S/C14H28N2O/c1-11(14-8-15-9-14)10-16(6-7-17-3)12(2)13-4-5-13/h11-15H,4-10H2,1-3H3. The highest BCUT2D eigenvalue weighted by Gasteiger charge is 2.33. The van der Waals surface area contributed by atoms with Crippen molar-refractivity contribution in [3.8, 4) is 0 Å². The maximum Gasteiger partial charge on any atom is 0.0589 e.